The van der Waals surface area contributed by atoms with Gasteiger partial charge < -0.3 is 21.7 Å². The van der Waals surface area contributed by atoms with Gasteiger partial charge in [0, 0.05) is 31.7 Å². The summed E-state index contributed by atoms with van der Waals surface area (Å²) in [5.74, 6) is 1.89. The summed E-state index contributed by atoms with van der Waals surface area (Å²) in [5.41, 5.74) is 9.00. The van der Waals surface area contributed by atoms with E-state index >= 15 is 0 Å². The third-order valence-electron chi connectivity index (χ3n) is 5.50. The number of nitrogens with zero attached hydrogens (tertiary/aromatic N) is 3. The summed E-state index contributed by atoms with van der Waals surface area (Å²) in [6, 6.07) is 4.69. The molecule has 0 bridgehead atoms. The molecule has 2 aliphatic heterocycles. The lowest BCUT2D eigenvalue weighted by atomic mass is 10.1. The highest BCUT2D eigenvalue weighted by Crippen LogP contribution is 2.24. The highest BCUT2D eigenvalue weighted by molar-refractivity contribution is 7.16. The normalized spacial score (nSPS) is 17.6. The van der Waals surface area contributed by atoms with Gasteiger partial charge in [0.1, 0.15) is 11.6 Å². The summed E-state index contributed by atoms with van der Waals surface area (Å²) in [7, 11) is 1.86. The van der Waals surface area contributed by atoms with E-state index in [9.17, 15) is 0 Å². The monoisotopic (exact) mass is 489 g/mol. The van der Waals surface area contributed by atoms with Crippen molar-refractivity contribution in [2.24, 2.45) is 4.99 Å². The third kappa shape index (κ3) is 8.66. The summed E-state index contributed by atoms with van der Waals surface area (Å²) in [5, 5.41) is 10.4. The quantitative estimate of drug-likeness (QED) is 0.407. The maximum Gasteiger partial charge on any atom is 0.180 e. The number of piperidine rings is 1. The van der Waals surface area contributed by atoms with Gasteiger partial charge in [-0.15, -0.1) is 0 Å². The van der Waals surface area contributed by atoms with Crippen LogP contribution in [0.3, 0.4) is 0 Å². The van der Waals surface area contributed by atoms with Crippen LogP contribution in [0.2, 0.25) is 0 Å². The van der Waals surface area contributed by atoms with Gasteiger partial charge in [-0.3, -0.25) is 0 Å². The van der Waals surface area contributed by atoms with Crippen molar-refractivity contribution >= 4 is 40.1 Å². The van der Waals surface area contributed by atoms with E-state index in [0.29, 0.717) is 11.2 Å². The molecule has 5 N–H and O–H groups in total. The van der Waals surface area contributed by atoms with Gasteiger partial charge in [0.05, 0.1) is 4.88 Å². The molecule has 184 valence electrons. The number of nitrogens with two attached hydrogens (primary N) is 1. The highest BCUT2D eigenvalue weighted by atomic mass is 32.1. The minimum absolute atomic E-state index is 0.564. The van der Waals surface area contributed by atoms with Crippen LogP contribution in [-0.4, -0.2) is 42.4 Å². The van der Waals surface area contributed by atoms with Crippen molar-refractivity contribution in [2.75, 3.05) is 31.2 Å². The topological polar surface area (TPSA) is 100 Å². The molecule has 2 aromatic rings. The van der Waals surface area contributed by atoms with E-state index in [1.54, 1.807) is 12.3 Å². The van der Waals surface area contributed by atoms with Gasteiger partial charge in [-0.25, -0.2) is 15.0 Å². The van der Waals surface area contributed by atoms with E-state index < -0.39 is 0 Å². The molecular formula is C27H35N7S. The van der Waals surface area contributed by atoms with E-state index in [-0.39, 0.29) is 0 Å². The van der Waals surface area contributed by atoms with E-state index in [0.717, 1.165) is 47.2 Å². The number of allylic oxidation sites excluding steroid dienone is 7. The van der Waals surface area contributed by atoms with E-state index in [4.69, 9.17) is 5.73 Å². The first kappa shape index (κ1) is 26.1. The second kappa shape index (κ2) is 14.0. The largest absolute Gasteiger partial charge is 0.375 e. The standard InChI is InChI=1S/C14H16N4S.C13H19N3/c1-3-11(12-9-18-14(15)19-12)6-4-10-5-7-13(16-2)17-8-10;1-2-3-11-4-9-15-13(10-11)16-12-5-7-14-8-6-12/h3-4,6-9,16H,1,5H2,2H3,(H2,15,18);2-4,9-10,12,14H,5-8H2,1H3,(H,15,16)/b10-4+,11-6+;3-2-. The first-order chi connectivity index (χ1) is 17.1. The lowest BCUT2D eigenvalue weighted by molar-refractivity contribution is 0.478. The maximum absolute atomic E-state index is 5.64. The second-order valence-electron chi connectivity index (χ2n) is 8.08. The maximum atomic E-state index is 5.64. The second-order valence-corrected chi connectivity index (χ2v) is 9.14. The molecule has 0 radical (unpaired) electrons. The van der Waals surface area contributed by atoms with Gasteiger partial charge in [-0.1, -0.05) is 48.3 Å². The molecule has 4 rings (SSSR count). The first-order valence-electron chi connectivity index (χ1n) is 11.8. The van der Waals surface area contributed by atoms with Crippen LogP contribution in [0, 0.1) is 0 Å². The molecule has 2 aromatic heterocycles. The molecule has 0 spiro atoms. The summed E-state index contributed by atoms with van der Waals surface area (Å²) < 4.78 is 0. The van der Waals surface area contributed by atoms with Crippen LogP contribution in [0.4, 0.5) is 10.9 Å². The molecular weight excluding hydrogens is 454 g/mol. The molecule has 0 atom stereocenters. The highest BCUT2D eigenvalue weighted by Gasteiger charge is 2.12. The molecule has 0 aliphatic carbocycles. The molecule has 35 heavy (non-hydrogen) atoms. The molecule has 0 saturated carbocycles. The third-order valence-corrected chi connectivity index (χ3v) is 6.37. The van der Waals surface area contributed by atoms with Crippen LogP contribution in [0.1, 0.15) is 36.6 Å². The van der Waals surface area contributed by atoms with Crippen molar-refractivity contribution in [3.63, 3.8) is 0 Å². The fourth-order valence-corrected chi connectivity index (χ4v) is 4.32. The fourth-order valence-electron chi connectivity index (χ4n) is 3.62. The fraction of sp³-hybridized carbons (Fsp3) is 0.296. The number of nitrogens with one attached hydrogen (secondary N) is 3. The van der Waals surface area contributed by atoms with Crippen LogP contribution in [0.15, 0.2) is 77.9 Å². The molecule has 0 unspecified atom stereocenters. The predicted molar refractivity (Wildman–Crippen MR) is 151 cm³/mol. The number of pyridine rings is 1. The molecule has 0 aromatic carbocycles. The van der Waals surface area contributed by atoms with E-state index in [1.807, 2.05) is 50.7 Å². The molecule has 0 amide bonds. The zero-order valence-corrected chi connectivity index (χ0v) is 21.3. The van der Waals surface area contributed by atoms with Crippen LogP contribution in [0.5, 0.6) is 0 Å². The molecule has 8 heteroatoms. The predicted octanol–water partition coefficient (Wildman–Crippen LogP) is 5.04. The lowest BCUT2D eigenvalue weighted by Crippen LogP contribution is -2.35. The summed E-state index contributed by atoms with van der Waals surface area (Å²) in [4.78, 5) is 13.7. The Bertz CT molecular complexity index is 1120. The van der Waals surface area contributed by atoms with Crippen LogP contribution >= 0.6 is 11.3 Å². The Morgan fingerprint density at radius 3 is 2.74 bits per heavy atom. The number of anilines is 2. The number of aliphatic imine (C=N–C) groups is 1. The van der Waals surface area contributed by atoms with E-state index in [2.05, 4.69) is 55.7 Å². The molecule has 7 nitrogen and oxygen atoms in total. The van der Waals surface area contributed by atoms with Crippen molar-refractivity contribution in [3.8, 4) is 0 Å². The smallest absolute Gasteiger partial charge is 0.180 e. The van der Waals surface area contributed by atoms with Gasteiger partial charge in [0.2, 0.25) is 0 Å². The zero-order chi connectivity index (χ0) is 24.9. The van der Waals surface area contributed by atoms with Crippen molar-refractivity contribution in [2.45, 2.75) is 32.2 Å². The lowest BCUT2D eigenvalue weighted by Gasteiger charge is -2.24. The zero-order valence-electron chi connectivity index (χ0n) is 20.5. The number of nitrogen functional groups attached to an aromatic ring is 1. The minimum Gasteiger partial charge on any atom is -0.375 e. The van der Waals surface area contributed by atoms with Crippen LogP contribution in [-0.2, 0) is 0 Å². The Kier molecular flexibility index (Phi) is 10.5. The molecule has 1 fully saturated rings. The van der Waals surface area contributed by atoms with Gasteiger partial charge in [0.25, 0.3) is 0 Å². The first-order valence-corrected chi connectivity index (χ1v) is 12.7. The van der Waals surface area contributed by atoms with Crippen molar-refractivity contribution in [3.05, 3.63) is 83.3 Å². The van der Waals surface area contributed by atoms with Crippen molar-refractivity contribution in [1.29, 1.82) is 0 Å². The van der Waals surface area contributed by atoms with E-state index in [1.165, 1.54) is 29.7 Å². The van der Waals surface area contributed by atoms with Crippen molar-refractivity contribution < 1.29 is 0 Å². The van der Waals surface area contributed by atoms with Crippen LogP contribution in [0.25, 0.3) is 11.6 Å². The molecule has 1 saturated heterocycles. The van der Waals surface area contributed by atoms with Gasteiger partial charge in [-0.05, 0) is 74.2 Å². The Morgan fingerprint density at radius 2 is 2.11 bits per heavy atom. The van der Waals surface area contributed by atoms with Crippen LogP contribution < -0.4 is 21.7 Å². The molecule has 4 heterocycles. The minimum atomic E-state index is 0.564. The summed E-state index contributed by atoms with van der Waals surface area (Å²) in [6.45, 7) is 8.06. The Labute approximate surface area is 212 Å². The number of hydrogen-bond acceptors (Lipinski definition) is 8. The summed E-state index contributed by atoms with van der Waals surface area (Å²) >= 11 is 1.45. The number of rotatable bonds is 7. The Hall–Kier alpha value is -3.49. The number of thiazole rings is 1. The summed E-state index contributed by atoms with van der Waals surface area (Å²) in [6.07, 6.45) is 20.8. The van der Waals surface area contributed by atoms with Gasteiger partial charge >= 0.3 is 0 Å². The Morgan fingerprint density at radius 1 is 1.29 bits per heavy atom. The average molecular weight is 490 g/mol. The van der Waals surface area contributed by atoms with Gasteiger partial charge in [0.15, 0.2) is 5.13 Å². The SMILES string of the molecule is C/C=C\c1ccnc(NC2CCNCC2)c1.C=C/C(=C\C=C1\C=NC(NC)=CC1)c1cnc(N)s1. The van der Waals surface area contributed by atoms with Crippen molar-refractivity contribution in [1.82, 2.24) is 20.6 Å². The average Bonchev–Trinajstić information content (AvgIpc) is 3.32. The Balaban J connectivity index is 0.000000198. The number of aromatic nitrogens is 2. The number of hydrogen-bond donors (Lipinski definition) is 4. The molecule has 2 aliphatic rings. The van der Waals surface area contributed by atoms with Gasteiger partial charge in [-0.2, -0.15) is 0 Å².